The Bertz CT molecular complexity index is 1170. The molecule has 31 heavy (non-hydrogen) atoms. The molecule has 1 fully saturated rings. The van der Waals surface area contributed by atoms with Crippen LogP contribution >= 0.6 is 0 Å². The van der Waals surface area contributed by atoms with Gasteiger partial charge in [-0.25, -0.2) is 13.4 Å². The molecular formula is C21H22F3N3O3S. The molecule has 0 bridgehead atoms. The minimum Gasteiger partial charge on any atom is -0.381 e. The normalized spacial score (nSPS) is 16.0. The van der Waals surface area contributed by atoms with E-state index in [-0.39, 0.29) is 28.6 Å². The summed E-state index contributed by atoms with van der Waals surface area (Å²) in [5.74, 6) is -0.909. The zero-order valence-corrected chi connectivity index (χ0v) is 17.7. The molecule has 0 atom stereocenters. The molecule has 0 amide bonds. The molecule has 6 nitrogen and oxygen atoms in total. The first-order valence-corrected chi connectivity index (χ1v) is 11.3. The minimum absolute atomic E-state index is 0.0630. The van der Waals surface area contributed by atoms with E-state index >= 15 is 0 Å². The lowest BCUT2D eigenvalue weighted by molar-refractivity contribution is -0.147. The van der Waals surface area contributed by atoms with Crippen molar-refractivity contribution in [3.63, 3.8) is 0 Å². The summed E-state index contributed by atoms with van der Waals surface area (Å²) in [7, 11) is -2.48. The van der Waals surface area contributed by atoms with Gasteiger partial charge in [0.2, 0.25) is 5.82 Å². The molecule has 2 aromatic carbocycles. The second-order valence-electron chi connectivity index (χ2n) is 7.56. The highest BCUT2D eigenvalue weighted by molar-refractivity contribution is 7.92. The number of fused-ring (bicyclic) bond motifs is 1. The fourth-order valence-corrected chi connectivity index (χ4v) is 5.00. The van der Waals surface area contributed by atoms with Gasteiger partial charge in [0.05, 0.1) is 21.6 Å². The third-order valence-corrected chi connectivity index (χ3v) is 7.33. The molecule has 3 aromatic rings. The summed E-state index contributed by atoms with van der Waals surface area (Å²) in [6.45, 7) is 1.25. The summed E-state index contributed by atoms with van der Waals surface area (Å²) in [5.41, 5.74) is 0.667. The van der Waals surface area contributed by atoms with Crippen LogP contribution in [0.25, 0.3) is 11.0 Å². The number of imidazole rings is 1. The van der Waals surface area contributed by atoms with E-state index in [0.29, 0.717) is 31.6 Å². The molecule has 0 radical (unpaired) electrons. The first kappa shape index (κ1) is 21.6. The Morgan fingerprint density at radius 3 is 2.45 bits per heavy atom. The van der Waals surface area contributed by atoms with Gasteiger partial charge in [0, 0.05) is 26.8 Å². The van der Waals surface area contributed by atoms with Gasteiger partial charge in [-0.05, 0) is 49.1 Å². The maximum Gasteiger partial charge on any atom is 0.449 e. The Morgan fingerprint density at radius 1 is 1.13 bits per heavy atom. The average molecular weight is 453 g/mol. The minimum atomic E-state index is -4.62. The highest BCUT2D eigenvalue weighted by Gasteiger charge is 2.38. The summed E-state index contributed by atoms with van der Waals surface area (Å²) in [6.07, 6.45) is -3.24. The van der Waals surface area contributed by atoms with Crippen LogP contribution < -0.4 is 4.31 Å². The lowest BCUT2D eigenvalue weighted by atomic mass is 10.0. The summed E-state index contributed by atoms with van der Waals surface area (Å²) in [4.78, 5) is 3.93. The summed E-state index contributed by atoms with van der Waals surface area (Å²) in [6, 6.07) is 12.2. The molecule has 1 aliphatic heterocycles. The van der Waals surface area contributed by atoms with Crippen LogP contribution in [0.3, 0.4) is 0 Å². The average Bonchev–Trinajstić information content (AvgIpc) is 3.12. The molecule has 0 N–H and O–H groups in total. The van der Waals surface area contributed by atoms with Crippen LogP contribution in [0.5, 0.6) is 0 Å². The van der Waals surface area contributed by atoms with Gasteiger partial charge in [0.15, 0.2) is 0 Å². The van der Waals surface area contributed by atoms with Gasteiger partial charge in [0.1, 0.15) is 0 Å². The maximum atomic E-state index is 13.7. The first-order valence-electron chi connectivity index (χ1n) is 9.87. The standard InChI is InChI=1S/C21H22F3N3O3S/c1-26(31(28,29)17-5-3-2-4-6-17)16-7-8-19-18(13-16)25-20(21(22,23)24)27(19)14-15-9-11-30-12-10-15/h2-8,13,15H,9-12,14H2,1H3. The van der Waals surface area contributed by atoms with Crippen molar-refractivity contribution in [3.8, 4) is 0 Å². The molecule has 10 heteroatoms. The van der Waals surface area contributed by atoms with Crippen LogP contribution in [-0.2, 0) is 27.5 Å². The Kier molecular flexibility index (Phi) is 5.69. The van der Waals surface area contributed by atoms with Crippen molar-refractivity contribution >= 4 is 26.7 Å². The van der Waals surface area contributed by atoms with Crippen LogP contribution in [0.4, 0.5) is 18.9 Å². The number of hydrogen-bond donors (Lipinski definition) is 0. The molecule has 166 valence electrons. The lowest BCUT2D eigenvalue weighted by Gasteiger charge is -2.24. The highest BCUT2D eigenvalue weighted by atomic mass is 32.2. The zero-order valence-electron chi connectivity index (χ0n) is 16.8. The van der Waals surface area contributed by atoms with Gasteiger partial charge in [0.25, 0.3) is 10.0 Å². The Hall–Kier alpha value is -2.59. The van der Waals surface area contributed by atoms with Crippen molar-refractivity contribution < 1.29 is 26.3 Å². The van der Waals surface area contributed by atoms with Gasteiger partial charge >= 0.3 is 6.18 Å². The van der Waals surface area contributed by atoms with Gasteiger partial charge < -0.3 is 9.30 Å². The molecule has 2 heterocycles. The van der Waals surface area contributed by atoms with Crippen molar-refractivity contribution in [1.82, 2.24) is 9.55 Å². The van der Waals surface area contributed by atoms with Crippen molar-refractivity contribution in [1.29, 1.82) is 0 Å². The third kappa shape index (κ3) is 4.27. The van der Waals surface area contributed by atoms with E-state index in [1.165, 1.54) is 41.9 Å². The Balaban J connectivity index is 1.74. The summed E-state index contributed by atoms with van der Waals surface area (Å²) in [5, 5.41) is 0. The number of alkyl halides is 3. The molecule has 0 spiro atoms. The topological polar surface area (TPSA) is 64.4 Å². The number of ether oxygens (including phenoxy) is 1. The fraction of sp³-hybridized carbons (Fsp3) is 0.381. The molecule has 4 rings (SSSR count). The van der Waals surface area contributed by atoms with E-state index in [9.17, 15) is 21.6 Å². The maximum absolute atomic E-state index is 13.7. The van der Waals surface area contributed by atoms with E-state index in [0.717, 1.165) is 4.31 Å². The zero-order chi connectivity index (χ0) is 22.2. The second-order valence-corrected chi connectivity index (χ2v) is 9.53. The lowest BCUT2D eigenvalue weighted by Crippen LogP contribution is -2.26. The van der Waals surface area contributed by atoms with Gasteiger partial charge in [-0.15, -0.1) is 0 Å². The summed E-state index contributed by atoms with van der Waals surface area (Å²) >= 11 is 0. The van der Waals surface area contributed by atoms with Crippen molar-refractivity contribution in [3.05, 3.63) is 54.4 Å². The number of sulfonamides is 1. The van der Waals surface area contributed by atoms with Crippen molar-refractivity contribution in [2.45, 2.75) is 30.5 Å². The van der Waals surface area contributed by atoms with Crippen LogP contribution in [-0.4, -0.2) is 38.2 Å². The molecule has 0 aliphatic carbocycles. The molecule has 1 saturated heterocycles. The van der Waals surface area contributed by atoms with E-state index in [4.69, 9.17) is 4.74 Å². The SMILES string of the molecule is CN(c1ccc2c(c1)nc(C(F)(F)F)n2CC1CCOCC1)S(=O)(=O)c1ccccc1. The predicted molar refractivity (Wildman–Crippen MR) is 110 cm³/mol. The number of benzene rings is 2. The van der Waals surface area contributed by atoms with Crippen LogP contribution in [0.2, 0.25) is 0 Å². The number of aromatic nitrogens is 2. The monoisotopic (exact) mass is 453 g/mol. The number of rotatable bonds is 5. The van der Waals surface area contributed by atoms with Crippen LogP contribution in [0.1, 0.15) is 18.7 Å². The molecular weight excluding hydrogens is 431 g/mol. The number of anilines is 1. The molecule has 1 aliphatic rings. The number of halogens is 3. The van der Waals surface area contributed by atoms with Gasteiger partial charge in [-0.1, -0.05) is 18.2 Å². The third-order valence-electron chi connectivity index (χ3n) is 5.53. The smallest absolute Gasteiger partial charge is 0.381 e. The predicted octanol–water partition coefficient (Wildman–Crippen LogP) is 4.31. The largest absolute Gasteiger partial charge is 0.449 e. The van der Waals surface area contributed by atoms with E-state index < -0.39 is 22.0 Å². The molecule has 0 saturated carbocycles. The fourth-order valence-electron chi connectivity index (χ4n) is 3.79. The highest BCUT2D eigenvalue weighted by Crippen LogP contribution is 2.35. The van der Waals surface area contributed by atoms with E-state index in [1.54, 1.807) is 18.2 Å². The Morgan fingerprint density at radius 2 is 1.81 bits per heavy atom. The first-order chi connectivity index (χ1) is 14.7. The van der Waals surface area contributed by atoms with Crippen molar-refractivity contribution in [2.24, 2.45) is 5.92 Å². The molecule has 1 aromatic heterocycles. The van der Waals surface area contributed by atoms with E-state index in [1.807, 2.05) is 0 Å². The van der Waals surface area contributed by atoms with Gasteiger partial charge in [-0.2, -0.15) is 13.2 Å². The number of nitrogens with zero attached hydrogens (tertiary/aromatic N) is 3. The quantitative estimate of drug-likeness (QED) is 0.578. The second kappa shape index (κ2) is 8.16. The number of hydrogen-bond acceptors (Lipinski definition) is 4. The Labute approximate surface area is 178 Å². The van der Waals surface area contributed by atoms with Gasteiger partial charge in [-0.3, -0.25) is 4.31 Å². The van der Waals surface area contributed by atoms with Crippen molar-refractivity contribution in [2.75, 3.05) is 24.6 Å². The van der Waals surface area contributed by atoms with E-state index in [2.05, 4.69) is 4.98 Å². The van der Waals surface area contributed by atoms with Crippen LogP contribution in [0, 0.1) is 5.92 Å². The molecule has 0 unspecified atom stereocenters. The summed E-state index contributed by atoms with van der Waals surface area (Å²) < 4.78 is 74.4. The van der Waals surface area contributed by atoms with Crippen LogP contribution in [0.15, 0.2) is 53.4 Å².